The van der Waals surface area contributed by atoms with Crippen LogP contribution in [-0.4, -0.2) is 20.8 Å². The summed E-state index contributed by atoms with van der Waals surface area (Å²) in [4.78, 5) is 16.5. The number of carbonyl (C=O) groups excluding carboxylic acids is 1. The molecule has 0 atom stereocenters. The number of hydrogen-bond acceptors (Lipinski definition) is 3. The molecule has 0 aliphatic carbocycles. The van der Waals surface area contributed by atoms with Crippen molar-refractivity contribution in [1.29, 1.82) is 0 Å². The average molecular weight is 349 g/mol. The van der Waals surface area contributed by atoms with Crippen LogP contribution in [0.1, 0.15) is 32.0 Å². The van der Waals surface area contributed by atoms with E-state index in [9.17, 15) is 4.79 Å². The summed E-state index contributed by atoms with van der Waals surface area (Å²) in [5.41, 5.74) is 2.55. The number of para-hydroxylation sites is 1. The van der Waals surface area contributed by atoms with Crippen molar-refractivity contribution < 1.29 is 4.79 Å². The van der Waals surface area contributed by atoms with E-state index in [2.05, 4.69) is 41.5 Å². The molecule has 0 saturated carbocycles. The zero-order valence-electron chi connectivity index (χ0n) is 15.2. The molecule has 26 heavy (non-hydrogen) atoms. The van der Waals surface area contributed by atoms with Crippen LogP contribution in [0.25, 0.3) is 0 Å². The molecule has 2 aromatic heterocycles. The van der Waals surface area contributed by atoms with E-state index in [0.717, 1.165) is 16.9 Å². The Labute approximate surface area is 153 Å². The second kappa shape index (κ2) is 7.39. The van der Waals surface area contributed by atoms with Crippen molar-refractivity contribution in [1.82, 2.24) is 14.8 Å². The van der Waals surface area contributed by atoms with Gasteiger partial charge in [-0.15, -0.1) is 0 Å². The Morgan fingerprint density at radius 3 is 2.50 bits per heavy atom. The highest BCUT2D eigenvalue weighted by Crippen LogP contribution is 2.24. The van der Waals surface area contributed by atoms with Gasteiger partial charge in [-0.05, 0) is 23.8 Å². The summed E-state index contributed by atoms with van der Waals surface area (Å²) in [5, 5.41) is 10.4. The van der Waals surface area contributed by atoms with Crippen LogP contribution in [0.2, 0.25) is 0 Å². The monoisotopic (exact) mass is 349 g/mol. The summed E-state index contributed by atoms with van der Waals surface area (Å²) in [7, 11) is 0. The molecule has 0 radical (unpaired) electrons. The van der Waals surface area contributed by atoms with Crippen molar-refractivity contribution in [2.45, 2.75) is 32.7 Å². The summed E-state index contributed by atoms with van der Waals surface area (Å²) in [5.74, 6) is 0.646. The second-order valence-corrected chi connectivity index (χ2v) is 7.13. The maximum absolute atomic E-state index is 12.4. The Morgan fingerprint density at radius 2 is 1.85 bits per heavy atom. The Kier molecular flexibility index (Phi) is 5.02. The number of nitrogens with one attached hydrogen (secondary N) is 2. The van der Waals surface area contributed by atoms with Gasteiger partial charge >= 0.3 is 6.03 Å². The Morgan fingerprint density at radius 1 is 1.08 bits per heavy atom. The second-order valence-electron chi connectivity index (χ2n) is 7.13. The molecule has 0 aliphatic rings. The number of anilines is 2. The number of urea groups is 1. The number of benzene rings is 1. The lowest BCUT2D eigenvalue weighted by Crippen LogP contribution is -2.21. The van der Waals surface area contributed by atoms with Crippen LogP contribution in [0.4, 0.5) is 16.3 Å². The minimum absolute atomic E-state index is 0.119. The molecular weight excluding hydrogens is 326 g/mol. The van der Waals surface area contributed by atoms with Gasteiger partial charge in [0.2, 0.25) is 0 Å². The number of nitrogens with zero attached hydrogens (tertiary/aromatic N) is 3. The number of rotatable bonds is 4. The fourth-order valence-corrected chi connectivity index (χ4v) is 2.47. The fourth-order valence-electron chi connectivity index (χ4n) is 2.47. The lowest BCUT2D eigenvalue weighted by Gasteiger charge is -2.14. The standard InChI is InChI=1S/C20H23N5O/c1-20(2,3)17-12-18(23-19(26)22-16-9-5-4-6-10-16)25(24-17)14-15-8-7-11-21-13-15/h4-13H,14H2,1-3H3,(H2,22,23,26). The molecule has 0 bridgehead atoms. The van der Waals surface area contributed by atoms with Gasteiger partial charge in [-0.2, -0.15) is 5.10 Å². The third-order valence-corrected chi connectivity index (χ3v) is 3.88. The molecule has 2 heterocycles. The molecule has 0 unspecified atom stereocenters. The number of hydrogen-bond donors (Lipinski definition) is 2. The molecule has 3 rings (SSSR count). The Balaban J connectivity index is 1.82. The van der Waals surface area contributed by atoms with E-state index in [4.69, 9.17) is 0 Å². The summed E-state index contributed by atoms with van der Waals surface area (Å²) in [6.07, 6.45) is 3.53. The van der Waals surface area contributed by atoms with Gasteiger partial charge in [0.25, 0.3) is 0 Å². The molecule has 3 aromatic rings. The Hall–Kier alpha value is -3.15. The molecular formula is C20H23N5O. The summed E-state index contributed by atoms with van der Waals surface area (Å²) < 4.78 is 1.79. The van der Waals surface area contributed by atoms with E-state index < -0.39 is 0 Å². The van der Waals surface area contributed by atoms with Gasteiger partial charge in [0.1, 0.15) is 5.82 Å². The minimum atomic E-state index is -0.302. The van der Waals surface area contributed by atoms with Crippen LogP contribution < -0.4 is 10.6 Å². The van der Waals surface area contributed by atoms with E-state index in [-0.39, 0.29) is 11.4 Å². The van der Waals surface area contributed by atoms with Gasteiger partial charge in [-0.3, -0.25) is 10.3 Å². The van der Waals surface area contributed by atoms with Gasteiger partial charge in [-0.1, -0.05) is 45.0 Å². The van der Waals surface area contributed by atoms with Gasteiger partial charge in [0.05, 0.1) is 12.2 Å². The molecule has 6 nitrogen and oxygen atoms in total. The van der Waals surface area contributed by atoms with Crippen molar-refractivity contribution in [3.63, 3.8) is 0 Å². The zero-order chi connectivity index (χ0) is 18.6. The first-order valence-electron chi connectivity index (χ1n) is 8.52. The SMILES string of the molecule is CC(C)(C)c1cc(NC(=O)Nc2ccccc2)n(Cc2cccnc2)n1. The first-order valence-corrected chi connectivity index (χ1v) is 8.52. The molecule has 2 amide bonds. The van der Waals surface area contributed by atoms with Gasteiger partial charge in [-0.25, -0.2) is 9.48 Å². The highest BCUT2D eigenvalue weighted by Gasteiger charge is 2.21. The topological polar surface area (TPSA) is 71.8 Å². The van der Waals surface area contributed by atoms with Crippen LogP contribution in [0.15, 0.2) is 60.9 Å². The van der Waals surface area contributed by atoms with E-state index in [1.807, 2.05) is 48.5 Å². The first kappa shape index (κ1) is 17.7. The number of pyridine rings is 1. The normalized spacial score (nSPS) is 11.2. The molecule has 1 aromatic carbocycles. The highest BCUT2D eigenvalue weighted by molar-refractivity contribution is 5.99. The van der Waals surface area contributed by atoms with Crippen molar-refractivity contribution in [2.75, 3.05) is 10.6 Å². The van der Waals surface area contributed by atoms with Crippen LogP contribution in [0.5, 0.6) is 0 Å². The zero-order valence-corrected chi connectivity index (χ0v) is 15.2. The summed E-state index contributed by atoms with van der Waals surface area (Å²) in [6, 6.07) is 14.8. The fraction of sp³-hybridized carbons (Fsp3) is 0.250. The van der Waals surface area contributed by atoms with Gasteiger partial charge in [0.15, 0.2) is 0 Å². The van der Waals surface area contributed by atoms with Crippen LogP contribution >= 0.6 is 0 Å². The first-order chi connectivity index (χ1) is 12.4. The average Bonchev–Trinajstić information content (AvgIpc) is 2.99. The smallest absolute Gasteiger partial charge is 0.308 e. The molecule has 0 aliphatic heterocycles. The number of carbonyl (C=O) groups is 1. The minimum Gasteiger partial charge on any atom is -0.308 e. The van der Waals surface area contributed by atoms with E-state index in [1.165, 1.54) is 0 Å². The molecule has 0 spiro atoms. The van der Waals surface area contributed by atoms with Crippen LogP contribution in [0, 0.1) is 0 Å². The third-order valence-electron chi connectivity index (χ3n) is 3.88. The van der Waals surface area contributed by atoms with Crippen LogP contribution in [0.3, 0.4) is 0 Å². The summed E-state index contributed by atoms with van der Waals surface area (Å²) >= 11 is 0. The molecule has 0 fully saturated rings. The predicted molar refractivity (Wildman–Crippen MR) is 103 cm³/mol. The summed E-state index contributed by atoms with van der Waals surface area (Å²) in [6.45, 7) is 6.82. The van der Waals surface area contributed by atoms with Gasteiger partial charge < -0.3 is 5.32 Å². The van der Waals surface area contributed by atoms with Crippen molar-refractivity contribution >= 4 is 17.5 Å². The number of aromatic nitrogens is 3. The van der Waals surface area contributed by atoms with Gasteiger partial charge in [0, 0.05) is 29.6 Å². The highest BCUT2D eigenvalue weighted by atomic mass is 16.2. The molecule has 6 heteroatoms. The quantitative estimate of drug-likeness (QED) is 0.739. The molecule has 0 saturated heterocycles. The maximum atomic E-state index is 12.4. The largest absolute Gasteiger partial charge is 0.324 e. The van der Waals surface area contributed by atoms with Crippen molar-refractivity contribution in [3.05, 3.63) is 72.2 Å². The molecule has 2 N–H and O–H groups in total. The van der Waals surface area contributed by atoms with E-state index in [1.54, 1.807) is 17.1 Å². The molecule has 134 valence electrons. The predicted octanol–water partition coefficient (Wildman–Crippen LogP) is 4.27. The third kappa shape index (κ3) is 4.47. The van der Waals surface area contributed by atoms with Crippen molar-refractivity contribution in [2.24, 2.45) is 0 Å². The lowest BCUT2D eigenvalue weighted by atomic mass is 9.92. The van der Waals surface area contributed by atoms with E-state index >= 15 is 0 Å². The van der Waals surface area contributed by atoms with Crippen molar-refractivity contribution in [3.8, 4) is 0 Å². The van der Waals surface area contributed by atoms with Crippen LogP contribution in [-0.2, 0) is 12.0 Å². The Bertz CT molecular complexity index is 866. The lowest BCUT2D eigenvalue weighted by molar-refractivity contribution is 0.262. The maximum Gasteiger partial charge on any atom is 0.324 e. The van der Waals surface area contributed by atoms with E-state index in [0.29, 0.717) is 12.4 Å². The number of amides is 2.